The van der Waals surface area contributed by atoms with Crippen LogP contribution in [0.5, 0.6) is 0 Å². The molecule has 0 radical (unpaired) electrons. The average molecular weight is 285 g/mol. The molecule has 4 nitrogen and oxygen atoms in total. The van der Waals surface area contributed by atoms with Gasteiger partial charge in [0.25, 0.3) is 5.91 Å². The van der Waals surface area contributed by atoms with Gasteiger partial charge in [0, 0.05) is 6.54 Å². The Bertz CT molecular complexity index is 646. The van der Waals surface area contributed by atoms with Gasteiger partial charge in [-0.05, 0) is 30.2 Å². The highest BCUT2D eigenvalue weighted by Gasteiger charge is 2.17. The number of rotatable bonds is 5. The molecule has 0 spiro atoms. The van der Waals surface area contributed by atoms with Crippen LogP contribution in [0.2, 0.25) is 0 Å². The molecule has 110 valence electrons. The Balaban J connectivity index is 2.06. The molecule has 1 amide bonds. The summed E-state index contributed by atoms with van der Waals surface area (Å²) in [5.41, 5.74) is 0.904. The van der Waals surface area contributed by atoms with Crippen LogP contribution in [0.3, 0.4) is 0 Å². The highest BCUT2D eigenvalue weighted by atomic mass is 16.5. The standard InChI is InChI=1S/C17H19NO3/c1-3-18-17(20)12(2)21-16(19)11-14-9-6-8-13-7-4-5-10-15(13)14/h4-10,12H,3,11H2,1-2H3,(H,18,20)/t12-/m0/s1. The van der Waals surface area contributed by atoms with E-state index in [-0.39, 0.29) is 12.3 Å². The summed E-state index contributed by atoms with van der Waals surface area (Å²) in [4.78, 5) is 23.5. The highest BCUT2D eigenvalue weighted by molar-refractivity contribution is 5.90. The number of amides is 1. The van der Waals surface area contributed by atoms with Crippen molar-refractivity contribution in [3.63, 3.8) is 0 Å². The second-order valence-electron chi connectivity index (χ2n) is 4.84. The topological polar surface area (TPSA) is 55.4 Å². The Morgan fingerprint density at radius 3 is 2.62 bits per heavy atom. The lowest BCUT2D eigenvalue weighted by molar-refractivity contribution is -0.154. The summed E-state index contributed by atoms with van der Waals surface area (Å²) < 4.78 is 5.17. The third kappa shape index (κ3) is 3.81. The van der Waals surface area contributed by atoms with Crippen LogP contribution in [0.4, 0.5) is 0 Å². The lowest BCUT2D eigenvalue weighted by Gasteiger charge is -2.13. The molecule has 0 saturated carbocycles. The van der Waals surface area contributed by atoms with Crippen molar-refractivity contribution in [3.05, 3.63) is 48.0 Å². The quantitative estimate of drug-likeness (QED) is 0.859. The van der Waals surface area contributed by atoms with E-state index in [1.165, 1.54) is 0 Å². The van der Waals surface area contributed by atoms with Gasteiger partial charge in [0.1, 0.15) is 0 Å². The molecule has 21 heavy (non-hydrogen) atoms. The summed E-state index contributed by atoms with van der Waals surface area (Å²) in [7, 11) is 0. The smallest absolute Gasteiger partial charge is 0.311 e. The second kappa shape index (κ2) is 6.88. The average Bonchev–Trinajstić information content (AvgIpc) is 2.47. The maximum Gasteiger partial charge on any atom is 0.311 e. The summed E-state index contributed by atoms with van der Waals surface area (Å²) >= 11 is 0. The largest absolute Gasteiger partial charge is 0.452 e. The van der Waals surface area contributed by atoms with E-state index in [1.807, 2.05) is 49.4 Å². The SMILES string of the molecule is CCNC(=O)[C@H](C)OC(=O)Cc1cccc2ccccc12. The number of carbonyl (C=O) groups excluding carboxylic acids is 2. The molecule has 2 aromatic carbocycles. The zero-order valence-electron chi connectivity index (χ0n) is 12.3. The van der Waals surface area contributed by atoms with E-state index in [0.717, 1.165) is 16.3 Å². The molecule has 0 unspecified atom stereocenters. The minimum Gasteiger partial charge on any atom is -0.452 e. The molecular formula is C17H19NO3. The van der Waals surface area contributed by atoms with E-state index in [4.69, 9.17) is 4.74 Å². The molecule has 0 aliphatic heterocycles. The van der Waals surface area contributed by atoms with Crippen molar-refractivity contribution in [3.8, 4) is 0 Å². The molecule has 0 heterocycles. The molecule has 0 aliphatic rings. The van der Waals surface area contributed by atoms with E-state index in [2.05, 4.69) is 5.32 Å². The molecule has 0 saturated heterocycles. The summed E-state index contributed by atoms with van der Waals surface area (Å²) in [6.07, 6.45) is -0.613. The van der Waals surface area contributed by atoms with Gasteiger partial charge in [-0.1, -0.05) is 42.5 Å². The van der Waals surface area contributed by atoms with Gasteiger partial charge in [-0.15, -0.1) is 0 Å². The maximum absolute atomic E-state index is 12.0. The molecule has 0 aliphatic carbocycles. The van der Waals surface area contributed by atoms with Crippen LogP contribution in [-0.4, -0.2) is 24.5 Å². The first-order chi connectivity index (χ1) is 10.1. The molecule has 1 atom stereocenters. The predicted molar refractivity (Wildman–Crippen MR) is 81.9 cm³/mol. The van der Waals surface area contributed by atoms with Crippen molar-refractivity contribution >= 4 is 22.6 Å². The summed E-state index contributed by atoms with van der Waals surface area (Å²) in [6.45, 7) is 3.92. The number of benzene rings is 2. The van der Waals surface area contributed by atoms with Crippen LogP contribution >= 0.6 is 0 Å². The predicted octanol–water partition coefficient (Wildman–Crippen LogP) is 2.45. The number of ether oxygens (including phenoxy) is 1. The minimum absolute atomic E-state index is 0.158. The van der Waals surface area contributed by atoms with E-state index >= 15 is 0 Å². The second-order valence-corrected chi connectivity index (χ2v) is 4.84. The Morgan fingerprint density at radius 2 is 1.86 bits per heavy atom. The number of hydrogen-bond donors (Lipinski definition) is 1. The Hall–Kier alpha value is -2.36. The Labute approximate surface area is 124 Å². The first-order valence-corrected chi connectivity index (χ1v) is 7.05. The van der Waals surface area contributed by atoms with Gasteiger partial charge in [-0.3, -0.25) is 9.59 Å². The summed E-state index contributed by atoms with van der Waals surface area (Å²) in [6, 6.07) is 13.7. The lowest BCUT2D eigenvalue weighted by Crippen LogP contribution is -2.35. The van der Waals surface area contributed by atoms with E-state index in [0.29, 0.717) is 6.54 Å². The number of likely N-dealkylation sites (N-methyl/N-ethyl adjacent to an activating group) is 1. The first kappa shape index (κ1) is 15.0. The molecule has 2 rings (SSSR count). The van der Waals surface area contributed by atoms with Gasteiger partial charge in [0.05, 0.1) is 6.42 Å². The van der Waals surface area contributed by atoms with Gasteiger partial charge in [-0.2, -0.15) is 0 Å². The Morgan fingerprint density at radius 1 is 1.14 bits per heavy atom. The van der Waals surface area contributed by atoms with Crippen LogP contribution < -0.4 is 5.32 Å². The van der Waals surface area contributed by atoms with Gasteiger partial charge in [0.2, 0.25) is 0 Å². The maximum atomic E-state index is 12.0. The highest BCUT2D eigenvalue weighted by Crippen LogP contribution is 2.19. The summed E-state index contributed by atoms with van der Waals surface area (Å²) in [5.74, 6) is -0.672. The first-order valence-electron chi connectivity index (χ1n) is 7.05. The van der Waals surface area contributed by atoms with E-state index < -0.39 is 12.1 Å². The minimum atomic E-state index is -0.771. The third-order valence-corrected chi connectivity index (χ3v) is 3.24. The molecule has 0 fully saturated rings. The normalized spacial score (nSPS) is 11.9. The molecular weight excluding hydrogens is 266 g/mol. The fraction of sp³-hybridized carbons (Fsp3) is 0.294. The Kier molecular flexibility index (Phi) is 4.93. The molecule has 2 aromatic rings. The van der Waals surface area contributed by atoms with Crippen LogP contribution in [-0.2, 0) is 20.7 Å². The molecule has 4 heteroatoms. The number of fused-ring (bicyclic) bond motifs is 1. The molecule has 0 bridgehead atoms. The van der Waals surface area contributed by atoms with Crippen molar-refractivity contribution in [2.75, 3.05) is 6.54 Å². The van der Waals surface area contributed by atoms with Gasteiger partial charge >= 0.3 is 5.97 Å². The molecule has 1 N–H and O–H groups in total. The fourth-order valence-corrected chi connectivity index (χ4v) is 2.21. The van der Waals surface area contributed by atoms with Gasteiger partial charge < -0.3 is 10.1 Å². The van der Waals surface area contributed by atoms with Crippen molar-refractivity contribution < 1.29 is 14.3 Å². The van der Waals surface area contributed by atoms with Gasteiger partial charge in [0.15, 0.2) is 6.10 Å². The van der Waals surface area contributed by atoms with Crippen LogP contribution in [0.15, 0.2) is 42.5 Å². The third-order valence-electron chi connectivity index (χ3n) is 3.24. The molecule has 0 aromatic heterocycles. The number of esters is 1. The zero-order chi connectivity index (χ0) is 15.2. The monoisotopic (exact) mass is 285 g/mol. The van der Waals surface area contributed by atoms with Crippen LogP contribution in [0.1, 0.15) is 19.4 Å². The van der Waals surface area contributed by atoms with Crippen LogP contribution in [0.25, 0.3) is 10.8 Å². The van der Waals surface area contributed by atoms with E-state index in [1.54, 1.807) is 6.92 Å². The zero-order valence-corrected chi connectivity index (χ0v) is 12.3. The fourth-order valence-electron chi connectivity index (χ4n) is 2.21. The summed E-state index contributed by atoms with van der Waals surface area (Å²) in [5, 5.41) is 4.74. The number of carbonyl (C=O) groups is 2. The van der Waals surface area contributed by atoms with E-state index in [9.17, 15) is 9.59 Å². The van der Waals surface area contributed by atoms with Crippen LogP contribution in [0, 0.1) is 0 Å². The van der Waals surface area contributed by atoms with Crippen molar-refractivity contribution in [2.24, 2.45) is 0 Å². The van der Waals surface area contributed by atoms with Crippen molar-refractivity contribution in [1.29, 1.82) is 0 Å². The van der Waals surface area contributed by atoms with Crippen molar-refractivity contribution in [2.45, 2.75) is 26.4 Å². The number of hydrogen-bond acceptors (Lipinski definition) is 3. The van der Waals surface area contributed by atoms with Crippen molar-refractivity contribution in [1.82, 2.24) is 5.32 Å². The lowest BCUT2D eigenvalue weighted by atomic mass is 10.0. The number of nitrogens with one attached hydrogen (secondary N) is 1. The van der Waals surface area contributed by atoms with Gasteiger partial charge in [-0.25, -0.2) is 0 Å².